The first-order chi connectivity index (χ1) is 30.0. The predicted molar refractivity (Wildman–Crippen MR) is 263 cm³/mol. The Hall–Kier alpha value is -7.33. The van der Waals surface area contributed by atoms with Gasteiger partial charge < -0.3 is 0 Å². The molecule has 0 amide bonds. The van der Waals surface area contributed by atoms with Crippen LogP contribution in [0.5, 0.6) is 0 Å². The highest BCUT2D eigenvalue weighted by Crippen LogP contribution is 2.49. The molecule has 1 heterocycles. The van der Waals surface area contributed by atoms with Crippen molar-refractivity contribution in [2.24, 2.45) is 4.99 Å². The number of aromatic nitrogens is 1. The minimum absolute atomic E-state index is 0.0290. The summed E-state index contributed by atoms with van der Waals surface area (Å²) in [4.78, 5) is 10.9. The maximum absolute atomic E-state index is 5.49. The third kappa shape index (κ3) is 7.35. The minimum Gasteiger partial charge on any atom is -0.248 e. The summed E-state index contributed by atoms with van der Waals surface area (Å²) in [7, 11) is 0. The lowest BCUT2D eigenvalue weighted by Crippen LogP contribution is -2.11. The summed E-state index contributed by atoms with van der Waals surface area (Å²) < 4.78 is 0. The molecule has 0 aliphatic heterocycles. The smallest absolute Gasteiger partial charge is 0.0797 e. The highest BCUT2D eigenvalue weighted by molar-refractivity contribution is 7.80. The van der Waals surface area contributed by atoms with Crippen molar-refractivity contribution in [2.75, 3.05) is 0 Å². The molecule has 1 aliphatic rings. The van der Waals surface area contributed by atoms with E-state index in [1.165, 1.54) is 38.6 Å². The molecule has 0 fully saturated rings. The standard InChI is InChI=1S/C58H42N2S/c1-3-52(59-54(45-31-29-43(30-32-45)41-17-8-5-9-18-41)35-38(2)39-25-27-42(28-26-39)40-15-6-4-7-16-40)47-33-34-53-51(36-47)56-55(61)37-46-20-11-13-23-49(46)57(56)58(60-53)50-24-14-21-44-19-10-12-22-48(44)50/h3-36,55,61H,1-2,37H2/b54-35-,59-52?. The molecule has 0 saturated heterocycles. The Morgan fingerprint density at radius 1 is 0.574 bits per heavy atom. The van der Waals surface area contributed by atoms with Gasteiger partial charge >= 0.3 is 0 Å². The summed E-state index contributed by atoms with van der Waals surface area (Å²) in [5, 5.41) is 3.41. The Balaban J connectivity index is 1.11. The highest BCUT2D eigenvalue weighted by Gasteiger charge is 2.29. The molecular formula is C58H42N2S. The van der Waals surface area contributed by atoms with E-state index in [-0.39, 0.29) is 5.25 Å². The van der Waals surface area contributed by atoms with Crippen molar-refractivity contribution in [1.82, 2.24) is 4.98 Å². The number of hydrogen-bond acceptors (Lipinski definition) is 3. The number of allylic oxidation sites excluding steroid dienone is 3. The zero-order valence-corrected chi connectivity index (χ0v) is 34.6. The quantitative estimate of drug-likeness (QED) is 0.0878. The van der Waals surface area contributed by atoms with Crippen LogP contribution in [0.1, 0.15) is 33.1 Å². The van der Waals surface area contributed by atoms with Gasteiger partial charge in [-0.15, -0.1) is 0 Å². The van der Waals surface area contributed by atoms with Gasteiger partial charge in [-0.05, 0) is 91.6 Å². The summed E-state index contributed by atoms with van der Waals surface area (Å²) in [6.45, 7) is 8.84. The highest BCUT2D eigenvalue weighted by atomic mass is 32.1. The van der Waals surface area contributed by atoms with Crippen LogP contribution < -0.4 is 0 Å². The molecule has 9 aromatic rings. The van der Waals surface area contributed by atoms with Crippen LogP contribution in [0.25, 0.3) is 77.6 Å². The number of benzene rings is 8. The van der Waals surface area contributed by atoms with E-state index in [0.717, 1.165) is 78.9 Å². The van der Waals surface area contributed by atoms with Gasteiger partial charge in [-0.3, -0.25) is 0 Å². The second kappa shape index (κ2) is 16.4. The summed E-state index contributed by atoms with van der Waals surface area (Å²) in [6.07, 6.45) is 4.76. The number of hydrogen-bond donors (Lipinski definition) is 1. The van der Waals surface area contributed by atoms with Gasteiger partial charge in [-0.25, -0.2) is 9.98 Å². The number of pyridine rings is 1. The SMILES string of the molecule is C=CC(=N/C(=C\C(=C)c1ccc(-c2ccccc2)cc1)c1ccc(-c2ccccc2)cc1)c1ccc2nc(-c3cccc4ccccc34)c3c(c2c1)C(S)Cc1ccccc1-3. The summed E-state index contributed by atoms with van der Waals surface area (Å²) in [5.41, 5.74) is 17.9. The molecule has 1 aliphatic carbocycles. The Morgan fingerprint density at radius 2 is 1.15 bits per heavy atom. The molecule has 2 nitrogen and oxygen atoms in total. The molecule has 1 atom stereocenters. The van der Waals surface area contributed by atoms with Gasteiger partial charge in [0.15, 0.2) is 0 Å². The van der Waals surface area contributed by atoms with Crippen LogP contribution in [0.15, 0.2) is 224 Å². The van der Waals surface area contributed by atoms with Gasteiger partial charge in [0.05, 0.1) is 22.6 Å². The van der Waals surface area contributed by atoms with Gasteiger partial charge in [-0.2, -0.15) is 12.6 Å². The molecule has 290 valence electrons. The second-order valence-electron chi connectivity index (χ2n) is 15.5. The topological polar surface area (TPSA) is 25.2 Å². The Kier molecular flexibility index (Phi) is 10.2. The fourth-order valence-corrected chi connectivity index (χ4v) is 9.17. The van der Waals surface area contributed by atoms with E-state index in [2.05, 4.69) is 201 Å². The van der Waals surface area contributed by atoms with Crippen molar-refractivity contribution in [2.45, 2.75) is 11.7 Å². The van der Waals surface area contributed by atoms with Crippen LogP contribution in [-0.4, -0.2) is 10.7 Å². The molecule has 10 rings (SSSR count). The second-order valence-corrected chi connectivity index (χ2v) is 16.2. The van der Waals surface area contributed by atoms with E-state index in [4.69, 9.17) is 22.6 Å². The first-order valence-electron chi connectivity index (χ1n) is 20.7. The Labute approximate surface area is 363 Å². The predicted octanol–water partition coefficient (Wildman–Crippen LogP) is 15.3. The van der Waals surface area contributed by atoms with Crippen molar-refractivity contribution in [1.29, 1.82) is 0 Å². The normalized spacial score (nSPS) is 13.8. The summed E-state index contributed by atoms with van der Waals surface area (Å²) in [5.74, 6) is 0. The zero-order valence-electron chi connectivity index (χ0n) is 33.7. The molecule has 3 heteroatoms. The monoisotopic (exact) mass is 798 g/mol. The lowest BCUT2D eigenvalue weighted by molar-refractivity contribution is 0.929. The van der Waals surface area contributed by atoms with Gasteiger partial charge in [0.2, 0.25) is 0 Å². The van der Waals surface area contributed by atoms with E-state index >= 15 is 0 Å². The maximum Gasteiger partial charge on any atom is 0.0797 e. The molecule has 0 bridgehead atoms. The molecular weight excluding hydrogens is 757 g/mol. The van der Waals surface area contributed by atoms with E-state index in [1.807, 2.05) is 18.2 Å². The third-order valence-corrected chi connectivity index (χ3v) is 12.2. The molecule has 0 N–H and O–H groups in total. The number of fused-ring (bicyclic) bond motifs is 6. The fraction of sp³-hybridized carbons (Fsp3) is 0.0345. The summed E-state index contributed by atoms with van der Waals surface area (Å²) in [6, 6.07) is 68.3. The molecule has 1 unspecified atom stereocenters. The van der Waals surface area contributed by atoms with Crippen LogP contribution >= 0.6 is 12.6 Å². The average molecular weight is 799 g/mol. The minimum atomic E-state index is -0.0290. The van der Waals surface area contributed by atoms with Gasteiger partial charge in [0.25, 0.3) is 0 Å². The van der Waals surface area contributed by atoms with Crippen LogP contribution in [0.4, 0.5) is 0 Å². The molecule has 0 spiro atoms. The zero-order chi connectivity index (χ0) is 41.3. The largest absolute Gasteiger partial charge is 0.248 e. The Bertz CT molecular complexity index is 3170. The van der Waals surface area contributed by atoms with E-state index < -0.39 is 0 Å². The first-order valence-corrected chi connectivity index (χ1v) is 21.2. The van der Waals surface area contributed by atoms with E-state index in [1.54, 1.807) is 0 Å². The van der Waals surface area contributed by atoms with Crippen LogP contribution in [0.2, 0.25) is 0 Å². The van der Waals surface area contributed by atoms with Crippen molar-refractivity contribution >= 4 is 51.3 Å². The molecule has 61 heavy (non-hydrogen) atoms. The first kappa shape index (κ1) is 37.9. The number of rotatable bonds is 9. The van der Waals surface area contributed by atoms with Crippen molar-refractivity contribution in [3.63, 3.8) is 0 Å². The van der Waals surface area contributed by atoms with E-state index in [9.17, 15) is 0 Å². The Morgan fingerprint density at radius 3 is 1.85 bits per heavy atom. The van der Waals surface area contributed by atoms with Crippen molar-refractivity contribution in [3.8, 4) is 44.6 Å². The fourth-order valence-electron chi connectivity index (χ4n) is 8.70. The van der Waals surface area contributed by atoms with Crippen LogP contribution in [0, 0.1) is 0 Å². The van der Waals surface area contributed by atoms with Gasteiger partial charge in [0.1, 0.15) is 0 Å². The van der Waals surface area contributed by atoms with E-state index in [0.29, 0.717) is 0 Å². The number of aliphatic imine (C=N–C) groups is 1. The van der Waals surface area contributed by atoms with Crippen molar-refractivity contribution in [3.05, 3.63) is 247 Å². The molecule has 0 radical (unpaired) electrons. The molecule has 8 aromatic carbocycles. The molecule has 0 saturated carbocycles. The molecule has 1 aromatic heterocycles. The number of thiol groups is 1. The maximum atomic E-state index is 5.49. The lowest BCUT2D eigenvalue weighted by Gasteiger charge is -2.28. The van der Waals surface area contributed by atoms with Crippen LogP contribution in [0.3, 0.4) is 0 Å². The third-order valence-electron chi connectivity index (χ3n) is 11.8. The number of nitrogens with zero attached hydrogens (tertiary/aromatic N) is 2. The van der Waals surface area contributed by atoms with Crippen LogP contribution in [-0.2, 0) is 6.42 Å². The summed E-state index contributed by atoms with van der Waals surface area (Å²) >= 11 is 5.32. The van der Waals surface area contributed by atoms with Crippen molar-refractivity contribution < 1.29 is 0 Å². The average Bonchev–Trinajstić information content (AvgIpc) is 3.32. The van der Waals surface area contributed by atoms with Gasteiger partial charge in [0, 0.05) is 32.9 Å². The van der Waals surface area contributed by atoms with Gasteiger partial charge in [-0.1, -0.05) is 195 Å². The lowest BCUT2D eigenvalue weighted by atomic mass is 9.80.